The van der Waals surface area contributed by atoms with Crippen molar-refractivity contribution in [1.82, 2.24) is 0 Å². The zero-order valence-electron chi connectivity index (χ0n) is 19.4. The molecular weight excluding hydrogens is 402 g/mol. The minimum Gasteiger partial charge on any atom is -1.00 e. The molecule has 3 heteroatoms. The second-order valence-electron chi connectivity index (χ2n) is 9.30. The zero-order valence-corrected chi connectivity index (χ0v) is 20.2. The van der Waals surface area contributed by atoms with Crippen molar-refractivity contribution >= 4 is 0 Å². The summed E-state index contributed by atoms with van der Waals surface area (Å²) >= 11 is 0. The van der Waals surface area contributed by atoms with Gasteiger partial charge in [0.25, 0.3) is 0 Å². The Labute approximate surface area is 195 Å². The Hall–Kier alpha value is -1.79. The Morgan fingerprint density at radius 3 is 1.97 bits per heavy atom. The molecule has 0 spiro atoms. The van der Waals surface area contributed by atoms with Crippen molar-refractivity contribution in [3.8, 4) is 11.8 Å². The van der Waals surface area contributed by atoms with E-state index < -0.39 is 5.60 Å². The van der Waals surface area contributed by atoms with Gasteiger partial charge < -0.3 is 22.0 Å². The number of benzene rings is 2. The molecule has 1 unspecified atom stereocenters. The van der Waals surface area contributed by atoms with Crippen LogP contribution >= 0.6 is 0 Å². The highest BCUT2D eigenvalue weighted by molar-refractivity contribution is 5.35. The summed E-state index contributed by atoms with van der Waals surface area (Å²) in [4.78, 5) is 0. The first-order valence-corrected chi connectivity index (χ1v) is 11.6. The van der Waals surface area contributed by atoms with Crippen LogP contribution in [0, 0.1) is 17.3 Å². The number of quaternary nitrogens is 1. The smallest absolute Gasteiger partial charge is 0.156 e. The van der Waals surface area contributed by atoms with E-state index in [1.54, 1.807) is 0 Å². The number of aliphatic hydroxyl groups is 1. The van der Waals surface area contributed by atoms with Crippen molar-refractivity contribution in [2.75, 3.05) is 19.6 Å². The molecule has 0 bridgehead atoms. The summed E-state index contributed by atoms with van der Waals surface area (Å²) in [6.07, 6.45) is 5.61. The third-order valence-electron chi connectivity index (χ3n) is 7.44. The molecule has 1 fully saturated rings. The Kier molecular flexibility index (Phi) is 9.19. The Morgan fingerprint density at radius 2 is 1.42 bits per heavy atom. The predicted octanol–water partition coefficient (Wildman–Crippen LogP) is 2.91. The van der Waals surface area contributed by atoms with Gasteiger partial charge in [-0.3, -0.25) is 0 Å². The fraction of sp³-hybridized carbons (Fsp3) is 0.500. The fourth-order valence-electron chi connectivity index (χ4n) is 4.87. The first kappa shape index (κ1) is 25.5. The molecule has 1 aliphatic rings. The fourth-order valence-corrected chi connectivity index (χ4v) is 4.87. The highest BCUT2D eigenvalue weighted by Gasteiger charge is 2.45. The van der Waals surface area contributed by atoms with E-state index in [1.165, 1.54) is 37.9 Å². The maximum absolute atomic E-state index is 11.9. The second kappa shape index (κ2) is 11.2. The first-order valence-electron chi connectivity index (χ1n) is 11.6. The Morgan fingerprint density at radius 1 is 0.871 bits per heavy atom. The van der Waals surface area contributed by atoms with Crippen LogP contribution in [-0.4, -0.2) is 29.2 Å². The summed E-state index contributed by atoms with van der Waals surface area (Å²) in [5, 5.41) is 11.9. The van der Waals surface area contributed by atoms with Gasteiger partial charge in [0.05, 0.1) is 13.1 Å². The van der Waals surface area contributed by atoms with Crippen LogP contribution in [0.2, 0.25) is 0 Å². The molecule has 0 aliphatic carbocycles. The molecule has 3 rings (SSSR count). The molecule has 1 aliphatic heterocycles. The SMILES string of the molecule is CCC(C)(CC)C(O)(C#CC[N+]1(Cc2ccccc2)CCCCC1)c1ccccc1.[Cl-]. The van der Waals surface area contributed by atoms with E-state index in [-0.39, 0.29) is 17.8 Å². The molecular formula is C28H38ClNO. The van der Waals surface area contributed by atoms with Gasteiger partial charge in [0, 0.05) is 11.0 Å². The van der Waals surface area contributed by atoms with Gasteiger partial charge in [-0.2, -0.15) is 0 Å². The minimum absolute atomic E-state index is 0. The van der Waals surface area contributed by atoms with E-state index in [0.717, 1.165) is 36.0 Å². The van der Waals surface area contributed by atoms with E-state index in [4.69, 9.17) is 0 Å². The largest absolute Gasteiger partial charge is 1.00 e. The maximum Gasteiger partial charge on any atom is 0.156 e. The zero-order chi connectivity index (χ0) is 21.5. The number of piperidine rings is 1. The summed E-state index contributed by atoms with van der Waals surface area (Å²) in [6.45, 7) is 10.7. The lowest BCUT2D eigenvalue weighted by atomic mass is 9.66. The molecule has 1 N–H and O–H groups in total. The minimum atomic E-state index is -1.13. The number of rotatable bonds is 7. The van der Waals surface area contributed by atoms with E-state index in [0.29, 0.717) is 0 Å². The monoisotopic (exact) mass is 439 g/mol. The number of likely N-dealkylation sites (tertiary alicyclic amines) is 1. The number of hydrogen-bond donors (Lipinski definition) is 1. The van der Waals surface area contributed by atoms with Gasteiger partial charge in [0.2, 0.25) is 0 Å². The average molecular weight is 440 g/mol. The van der Waals surface area contributed by atoms with Gasteiger partial charge in [0.1, 0.15) is 13.1 Å². The van der Waals surface area contributed by atoms with Crippen LogP contribution in [0.1, 0.15) is 64.0 Å². The molecule has 1 heterocycles. The molecule has 0 amide bonds. The standard InChI is InChI=1S/C28H38NO.ClH/c1-4-27(3,5-2)28(30,26-18-11-7-12-19-26)20-15-23-29(21-13-8-14-22-29)24-25-16-9-6-10-17-25;/h6-7,9-12,16-19,30H,4-5,8,13-14,21-24H2,1-3H3;1H/q+1;/p-1. The molecule has 0 saturated carbocycles. The molecule has 2 nitrogen and oxygen atoms in total. The van der Waals surface area contributed by atoms with Gasteiger partial charge in [-0.1, -0.05) is 87.4 Å². The second-order valence-corrected chi connectivity index (χ2v) is 9.30. The first-order chi connectivity index (χ1) is 14.5. The highest BCUT2D eigenvalue weighted by atomic mass is 35.5. The summed E-state index contributed by atoms with van der Waals surface area (Å²) in [5.74, 6) is 6.90. The van der Waals surface area contributed by atoms with E-state index in [2.05, 4.69) is 62.9 Å². The van der Waals surface area contributed by atoms with Crippen molar-refractivity contribution in [3.05, 3.63) is 71.8 Å². The normalized spacial score (nSPS) is 17.5. The molecule has 2 aromatic rings. The lowest BCUT2D eigenvalue weighted by molar-refractivity contribution is -0.938. The molecule has 0 radical (unpaired) electrons. The average Bonchev–Trinajstić information content (AvgIpc) is 2.80. The van der Waals surface area contributed by atoms with Gasteiger partial charge in [-0.25, -0.2) is 0 Å². The van der Waals surface area contributed by atoms with Crippen molar-refractivity contribution in [3.63, 3.8) is 0 Å². The van der Waals surface area contributed by atoms with E-state index in [1.807, 2.05) is 30.3 Å². The lowest BCUT2D eigenvalue weighted by Crippen LogP contribution is -3.00. The summed E-state index contributed by atoms with van der Waals surface area (Å²) in [6, 6.07) is 20.8. The van der Waals surface area contributed by atoms with Crippen molar-refractivity contribution in [2.45, 2.75) is 65.0 Å². The summed E-state index contributed by atoms with van der Waals surface area (Å²) in [7, 11) is 0. The van der Waals surface area contributed by atoms with Crippen LogP contribution < -0.4 is 12.4 Å². The van der Waals surface area contributed by atoms with Crippen LogP contribution in [0.5, 0.6) is 0 Å². The molecule has 0 aromatic heterocycles. The van der Waals surface area contributed by atoms with Crippen molar-refractivity contribution < 1.29 is 22.0 Å². The molecule has 168 valence electrons. The van der Waals surface area contributed by atoms with Crippen LogP contribution in [0.4, 0.5) is 0 Å². The summed E-state index contributed by atoms with van der Waals surface area (Å²) in [5.41, 5.74) is 0.876. The van der Waals surface area contributed by atoms with E-state index >= 15 is 0 Å². The van der Waals surface area contributed by atoms with Crippen LogP contribution in [-0.2, 0) is 12.1 Å². The maximum atomic E-state index is 11.9. The van der Waals surface area contributed by atoms with Crippen LogP contribution in [0.15, 0.2) is 60.7 Å². The highest BCUT2D eigenvalue weighted by Crippen LogP contribution is 2.44. The lowest BCUT2D eigenvalue weighted by Gasteiger charge is -2.42. The van der Waals surface area contributed by atoms with Gasteiger partial charge in [0.15, 0.2) is 5.60 Å². The third-order valence-corrected chi connectivity index (χ3v) is 7.44. The predicted molar refractivity (Wildman–Crippen MR) is 126 cm³/mol. The van der Waals surface area contributed by atoms with Crippen LogP contribution in [0.25, 0.3) is 0 Å². The molecule has 31 heavy (non-hydrogen) atoms. The summed E-state index contributed by atoms with van der Waals surface area (Å²) < 4.78 is 1.01. The van der Waals surface area contributed by atoms with E-state index in [9.17, 15) is 5.11 Å². The third kappa shape index (κ3) is 5.72. The molecule has 1 atom stereocenters. The topological polar surface area (TPSA) is 20.2 Å². The van der Waals surface area contributed by atoms with Gasteiger partial charge >= 0.3 is 0 Å². The van der Waals surface area contributed by atoms with Crippen molar-refractivity contribution in [1.29, 1.82) is 0 Å². The van der Waals surface area contributed by atoms with Crippen molar-refractivity contribution in [2.24, 2.45) is 5.41 Å². The Bertz CT molecular complexity index is 845. The quantitative estimate of drug-likeness (QED) is 0.519. The number of hydrogen-bond acceptors (Lipinski definition) is 1. The number of halogens is 1. The van der Waals surface area contributed by atoms with Gasteiger partial charge in [-0.15, -0.1) is 0 Å². The molecule has 2 aromatic carbocycles. The number of nitrogens with zero attached hydrogens (tertiary/aromatic N) is 1. The van der Waals surface area contributed by atoms with Gasteiger partial charge in [-0.05, 0) is 43.6 Å². The Balaban J connectivity index is 0.00000341. The molecule has 1 saturated heterocycles. The van der Waals surface area contributed by atoms with Crippen LogP contribution in [0.3, 0.4) is 0 Å².